The van der Waals surface area contributed by atoms with E-state index < -0.39 is 15.9 Å². The number of terminal acetylenes is 1. The lowest BCUT2D eigenvalue weighted by Crippen LogP contribution is -2.16. The molecule has 0 unspecified atom stereocenters. The molecular weight excluding hydrogens is 538 g/mol. The molecule has 0 spiro atoms. The minimum absolute atomic E-state index is 0.0953. The van der Waals surface area contributed by atoms with Crippen molar-refractivity contribution in [1.29, 1.82) is 0 Å². The lowest BCUT2D eigenvalue weighted by molar-refractivity contribution is 0.0998. The number of rotatable bonds is 6. The van der Waals surface area contributed by atoms with Crippen molar-refractivity contribution in [2.45, 2.75) is 11.4 Å². The molecule has 34 heavy (non-hydrogen) atoms. The lowest BCUT2D eigenvalue weighted by Gasteiger charge is -2.09. The number of thiazole rings is 1. The number of hydrogen-bond acceptors (Lipinski definition) is 5. The van der Waals surface area contributed by atoms with Crippen LogP contribution >= 0.6 is 27.3 Å². The summed E-state index contributed by atoms with van der Waals surface area (Å²) in [5.41, 5.74) is 1.53. The van der Waals surface area contributed by atoms with Crippen molar-refractivity contribution in [3.05, 3.63) is 81.6 Å². The van der Waals surface area contributed by atoms with E-state index in [0.29, 0.717) is 21.8 Å². The smallest absolute Gasteiger partial charge is 0.279 e. The minimum atomic E-state index is -3.79. The predicted octanol–water partition coefficient (Wildman–Crippen LogP) is 4.65. The molecule has 1 N–H and O–H groups in total. The monoisotopic (exact) mass is 555 g/mol. The van der Waals surface area contributed by atoms with Gasteiger partial charge in [0, 0.05) is 15.7 Å². The van der Waals surface area contributed by atoms with Crippen molar-refractivity contribution < 1.29 is 17.9 Å². The normalized spacial score (nSPS) is 11.9. The average Bonchev–Trinajstić information content (AvgIpc) is 3.15. The highest BCUT2D eigenvalue weighted by Gasteiger charge is 2.15. The number of carbonyl (C=O) groups is 1. The molecule has 0 aliphatic heterocycles. The van der Waals surface area contributed by atoms with E-state index in [2.05, 4.69) is 31.6 Å². The number of carbonyl (C=O) groups excluding carboxylic acids is 1. The summed E-state index contributed by atoms with van der Waals surface area (Å²) in [4.78, 5) is 17.7. The maximum absolute atomic E-state index is 12.8. The molecule has 7 nitrogen and oxygen atoms in total. The van der Waals surface area contributed by atoms with E-state index >= 15 is 0 Å². The third kappa shape index (κ3) is 5.07. The Labute approximate surface area is 208 Å². The van der Waals surface area contributed by atoms with Crippen molar-refractivity contribution in [3.63, 3.8) is 0 Å². The van der Waals surface area contributed by atoms with Crippen LogP contribution in [-0.4, -0.2) is 26.0 Å². The molecule has 0 saturated heterocycles. The first kappa shape index (κ1) is 23.8. The molecular formula is C24H18BrN3O4S2. The number of halogens is 1. The number of benzene rings is 3. The molecule has 0 atom stereocenters. The molecule has 4 rings (SSSR count). The average molecular weight is 556 g/mol. The third-order valence-corrected chi connectivity index (χ3v) is 7.78. The molecule has 1 amide bonds. The Bertz CT molecular complexity index is 1580. The summed E-state index contributed by atoms with van der Waals surface area (Å²) in [6.45, 7) is 0.278. The fourth-order valence-electron chi connectivity index (χ4n) is 3.18. The van der Waals surface area contributed by atoms with Crippen molar-refractivity contribution in [2.75, 3.05) is 11.8 Å². The van der Waals surface area contributed by atoms with Crippen LogP contribution in [0.25, 0.3) is 10.2 Å². The van der Waals surface area contributed by atoms with Gasteiger partial charge in [-0.3, -0.25) is 9.52 Å². The minimum Gasteiger partial charge on any atom is -0.497 e. The van der Waals surface area contributed by atoms with Gasteiger partial charge in [-0.05, 0) is 66.7 Å². The highest BCUT2D eigenvalue weighted by Crippen LogP contribution is 2.23. The molecule has 0 bridgehead atoms. The third-order valence-electron chi connectivity index (χ3n) is 4.85. The second-order valence-corrected chi connectivity index (χ2v) is 10.7. The van der Waals surface area contributed by atoms with Gasteiger partial charge in [0.15, 0.2) is 4.80 Å². The maximum atomic E-state index is 12.8. The van der Waals surface area contributed by atoms with Gasteiger partial charge < -0.3 is 9.30 Å². The second kappa shape index (κ2) is 9.85. The van der Waals surface area contributed by atoms with Crippen molar-refractivity contribution in [1.82, 2.24) is 4.57 Å². The van der Waals surface area contributed by atoms with Crippen LogP contribution in [0.3, 0.4) is 0 Å². The molecule has 172 valence electrons. The quantitative estimate of drug-likeness (QED) is 0.350. The zero-order valence-corrected chi connectivity index (χ0v) is 21.1. The van der Waals surface area contributed by atoms with Crippen molar-refractivity contribution in [3.8, 4) is 18.1 Å². The molecule has 3 aromatic carbocycles. The first-order valence-electron chi connectivity index (χ1n) is 9.89. The summed E-state index contributed by atoms with van der Waals surface area (Å²) in [5, 5.41) is 0. The molecule has 0 saturated carbocycles. The first-order valence-corrected chi connectivity index (χ1v) is 13.0. The van der Waals surface area contributed by atoms with Gasteiger partial charge in [0.05, 0.1) is 28.8 Å². The largest absolute Gasteiger partial charge is 0.497 e. The Kier molecular flexibility index (Phi) is 6.88. The van der Waals surface area contributed by atoms with Crippen molar-refractivity contribution in [2.24, 2.45) is 4.99 Å². The van der Waals surface area contributed by atoms with Crippen LogP contribution in [0.1, 0.15) is 10.4 Å². The fourth-order valence-corrected chi connectivity index (χ4v) is 5.82. The van der Waals surface area contributed by atoms with E-state index in [1.54, 1.807) is 12.1 Å². The Morgan fingerprint density at radius 2 is 1.85 bits per heavy atom. The summed E-state index contributed by atoms with van der Waals surface area (Å²) >= 11 is 4.81. The Morgan fingerprint density at radius 1 is 1.15 bits per heavy atom. The van der Waals surface area contributed by atoms with Crippen LogP contribution in [0.2, 0.25) is 0 Å². The summed E-state index contributed by atoms with van der Waals surface area (Å²) in [7, 11) is -2.28. The number of sulfonamides is 1. The number of nitrogens with zero attached hydrogens (tertiary/aromatic N) is 2. The van der Waals surface area contributed by atoms with E-state index in [1.807, 2.05) is 22.8 Å². The number of amides is 1. The number of nitrogens with one attached hydrogen (secondary N) is 1. The number of aromatic nitrogens is 1. The molecule has 1 heterocycles. The van der Waals surface area contributed by atoms with Gasteiger partial charge >= 0.3 is 0 Å². The van der Waals surface area contributed by atoms with E-state index in [1.165, 1.54) is 54.8 Å². The Balaban J connectivity index is 1.58. The van der Waals surface area contributed by atoms with Gasteiger partial charge in [0.2, 0.25) is 0 Å². The number of methoxy groups -OCH3 is 1. The fraction of sp³-hybridized carbons (Fsp3) is 0.0833. The molecule has 4 aromatic rings. The highest BCUT2D eigenvalue weighted by molar-refractivity contribution is 9.10. The van der Waals surface area contributed by atoms with E-state index in [0.717, 1.165) is 14.7 Å². The molecule has 0 aliphatic rings. The summed E-state index contributed by atoms with van der Waals surface area (Å²) in [6, 6.07) is 17.9. The Morgan fingerprint density at radius 3 is 2.50 bits per heavy atom. The van der Waals surface area contributed by atoms with Gasteiger partial charge in [-0.2, -0.15) is 4.99 Å². The summed E-state index contributed by atoms with van der Waals surface area (Å²) < 4.78 is 36.4. The molecule has 0 fully saturated rings. The Hall–Kier alpha value is -3.39. The highest BCUT2D eigenvalue weighted by atomic mass is 79.9. The molecule has 10 heteroatoms. The second-order valence-electron chi connectivity index (χ2n) is 7.06. The summed E-state index contributed by atoms with van der Waals surface area (Å²) in [5.74, 6) is 2.69. The van der Waals surface area contributed by atoms with Gasteiger partial charge in [-0.25, -0.2) is 8.42 Å². The van der Waals surface area contributed by atoms with Gasteiger partial charge in [0.25, 0.3) is 15.9 Å². The van der Waals surface area contributed by atoms with E-state index in [9.17, 15) is 13.2 Å². The SMILES string of the molecule is C#CCn1c(=NC(=O)c2ccc(NS(=O)(=O)c3ccc(OC)cc3)cc2)sc2cc(Br)ccc21. The van der Waals surface area contributed by atoms with Gasteiger partial charge in [-0.1, -0.05) is 33.2 Å². The van der Waals surface area contributed by atoms with Gasteiger partial charge in [0.1, 0.15) is 5.75 Å². The van der Waals surface area contributed by atoms with Crippen LogP contribution in [-0.2, 0) is 16.6 Å². The predicted molar refractivity (Wildman–Crippen MR) is 136 cm³/mol. The van der Waals surface area contributed by atoms with Gasteiger partial charge in [-0.15, -0.1) is 6.42 Å². The summed E-state index contributed by atoms with van der Waals surface area (Å²) in [6.07, 6.45) is 5.51. The van der Waals surface area contributed by atoms with Crippen LogP contribution in [0.15, 0.2) is 81.1 Å². The van der Waals surface area contributed by atoms with Crippen LogP contribution in [0, 0.1) is 12.3 Å². The number of anilines is 1. The molecule has 1 aromatic heterocycles. The topological polar surface area (TPSA) is 89.8 Å². The maximum Gasteiger partial charge on any atom is 0.279 e. The molecule has 0 aliphatic carbocycles. The van der Waals surface area contributed by atoms with E-state index in [-0.39, 0.29) is 11.4 Å². The lowest BCUT2D eigenvalue weighted by atomic mass is 10.2. The van der Waals surface area contributed by atoms with Crippen molar-refractivity contribution >= 4 is 59.1 Å². The van der Waals surface area contributed by atoms with Crippen LogP contribution < -0.4 is 14.3 Å². The first-order chi connectivity index (χ1) is 16.3. The van der Waals surface area contributed by atoms with E-state index in [4.69, 9.17) is 11.2 Å². The number of ether oxygens (including phenoxy) is 1. The number of hydrogen-bond donors (Lipinski definition) is 1. The zero-order valence-electron chi connectivity index (χ0n) is 17.9. The number of fused-ring (bicyclic) bond motifs is 1. The van der Waals surface area contributed by atoms with Crippen LogP contribution in [0.4, 0.5) is 5.69 Å². The molecule has 0 radical (unpaired) electrons. The van der Waals surface area contributed by atoms with Crippen LogP contribution in [0.5, 0.6) is 5.75 Å². The zero-order chi connectivity index (χ0) is 24.3. The standard InChI is InChI=1S/C24H18BrN3O4S2/c1-3-14-28-21-13-6-17(25)15-22(21)33-24(28)26-23(29)16-4-7-18(8-5-16)27-34(30,31)20-11-9-19(32-2)10-12-20/h1,4-13,15,27H,14H2,2H3.